The molecule has 0 aliphatic rings. The van der Waals surface area contributed by atoms with Crippen LogP contribution in [0.3, 0.4) is 0 Å². The van der Waals surface area contributed by atoms with E-state index in [2.05, 4.69) is 4.72 Å². The maximum atomic E-state index is 12.4. The monoisotopic (exact) mass is 416 g/mol. The highest BCUT2D eigenvalue weighted by molar-refractivity contribution is 7.96. The van der Waals surface area contributed by atoms with Gasteiger partial charge in [-0.3, -0.25) is 4.72 Å². The molecular formula is C16H11Cl3N2O3S. The van der Waals surface area contributed by atoms with Gasteiger partial charge < -0.3 is 4.74 Å². The van der Waals surface area contributed by atoms with Gasteiger partial charge in [-0.05, 0) is 48.0 Å². The Morgan fingerprint density at radius 1 is 1.20 bits per heavy atom. The van der Waals surface area contributed by atoms with Crippen LogP contribution in [0, 0.1) is 11.3 Å². The maximum absolute atomic E-state index is 12.4. The van der Waals surface area contributed by atoms with E-state index in [9.17, 15) is 13.7 Å². The van der Waals surface area contributed by atoms with Gasteiger partial charge in [0.25, 0.3) is 10.0 Å². The molecule has 0 fully saturated rings. The average Bonchev–Trinajstić information content (AvgIpc) is 2.56. The first-order valence-electron chi connectivity index (χ1n) is 6.70. The van der Waals surface area contributed by atoms with Crippen molar-refractivity contribution in [3.05, 3.63) is 61.9 Å². The molecule has 0 saturated heterocycles. The van der Waals surface area contributed by atoms with Crippen LogP contribution in [0.25, 0.3) is 6.08 Å². The molecule has 0 bridgehead atoms. The molecule has 5 nitrogen and oxygen atoms in total. The molecule has 2 aromatic carbocycles. The smallest absolute Gasteiger partial charge is 0.272 e. The second-order valence-electron chi connectivity index (χ2n) is 4.75. The third-order valence-corrected chi connectivity index (χ3v) is 5.38. The molecule has 130 valence electrons. The number of sulfonamides is 1. The van der Waals surface area contributed by atoms with Gasteiger partial charge >= 0.3 is 0 Å². The minimum atomic E-state index is -4.12. The summed E-state index contributed by atoms with van der Waals surface area (Å²) in [5.41, 5.74) is 0.494. The molecule has 25 heavy (non-hydrogen) atoms. The lowest BCUT2D eigenvalue weighted by Crippen LogP contribution is -2.14. The lowest BCUT2D eigenvalue weighted by molar-refractivity contribution is 0.415. The Hall–Kier alpha value is -1.91. The van der Waals surface area contributed by atoms with Gasteiger partial charge in [0.2, 0.25) is 0 Å². The van der Waals surface area contributed by atoms with E-state index in [4.69, 9.17) is 39.5 Å². The van der Waals surface area contributed by atoms with Crippen LogP contribution in [0.15, 0.2) is 41.3 Å². The van der Waals surface area contributed by atoms with Crippen molar-refractivity contribution in [1.29, 1.82) is 5.26 Å². The van der Waals surface area contributed by atoms with Crippen molar-refractivity contribution < 1.29 is 13.2 Å². The Balaban J connectivity index is 2.40. The van der Waals surface area contributed by atoms with Crippen LogP contribution >= 0.6 is 34.8 Å². The number of hydrogen-bond acceptors (Lipinski definition) is 4. The fourth-order valence-corrected chi connectivity index (χ4v) is 3.49. The summed E-state index contributed by atoms with van der Waals surface area (Å²) in [5.74, 6) is 0.569. The molecule has 2 rings (SSSR count). The molecule has 0 unspecified atom stereocenters. The third kappa shape index (κ3) is 4.80. The van der Waals surface area contributed by atoms with Crippen molar-refractivity contribution >= 4 is 56.6 Å². The summed E-state index contributed by atoms with van der Waals surface area (Å²) in [6, 6.07) is 10.7. The molecule has 9 heteroatoms. The van der Waals surface area contributed by atoms with Crippen LogP contribution in [0.4, 0.5) is 5.69 Å². The number of nitrogens with one attached hydrogen (secondary N) is 1. The highest BCUT2D eigenvalue weighted by Gasteiger charge is 2.19. The fraction of sp³-hybridized carbons (Fsp3) is 0.0625. The lowest BCUT2D eigenvalue weighted by Gasteiger charge is -2.08. The van der Waals surface area contributed by atoms with E-state index < -0.39 is 14.9 Å². The zero-order valence-corrected chi connectivity index (χ0v) is 15.8. The third-order valence-electron chi connectivity index (χ3n) is 3.05. The van der Waals surface area contributed by atoms with Gasteiger partial charge in [-0.1, -0.05) is 34.8 Å². The van der Waals surface area contributed by atoms with Gasteiger partial charge in [-0.25, -0.2) is 8.42 Å². The van der Waals surface area contributed by atoms with E-state index >= 15 is 0 Å². The van der Waals surface area contributed by atoms with Gasteiger partial charge in [0, 0.05) is 10.7 Å². The van der Waals surface area contributed by atoms with Gasteiger partial charge in [0.05, 0.1) is 17.2 Å². The minimum Gasteiger partial charge on any atom is -0.497 e. The first kappa shape index (κ1) is 19.4. The number of ether oxygens (including phenoxy) is 1. The lowest BCUT2D eigenvalue weighted by atomic mass is 10.2. The predicted molar refractivity (Wildman–Crippen MR) is 101 cm³/mol. The summed E-state index contributed by atoms with van der Waals surface area (Å²) in [5, 5.41) is 9.76. The van der Waals surface area contributed by atoms with Crippen LogP contribution in [0.1, 0.15) is 5.56 Å². The van der Waals surface area contributed by atoms with E-state index in [-0.39, 0.29) is 26.3 Å². The van der Waals surface area contributed by atoms with E-state index in [1.54, 1.807) is 18.2 Å². The molecule has 0 saturated carbocycles. The molecule has 0 spiro atoms. The summed E-state index contributed by atoms with van der Waals surface area (Å²) < 4.78 is 32.2. The predicted octanol–water partition coefficient (Wildman–Crippen LogP) is 4.96. The molecule has 1 N–H and O–H groups in total. The number of nitrogens with zero attached hydrogens (tertiary/aromatic N) is 1. The van der Waals surface area contributed by atoms with Crippen LogP contribution in [-0.2, 0) is 10.0 Å². The Morgan fingerprint density at radius 3 is 2.40 bits per heavy atom. The van der Waals surface area contributed by atoms with E-state index in [0.717, 1.165) is 6.08 Å². The molecule has 2 aromatic rings. The summed E-state index contributed by atoms with van der Waals surface area (Å²) in [6.45, 7) is 0. The largest absolute Gasteiger partial charge is 0.497 e. The zero-order valence-electron chi connectivity index (χ0n) is 12.8. The molecule has 0 aliphatic heterocycles. The number of benzene rings is 2. The Morgan fingerprint density at radius 2 is 1.84 bits per heavy atom. The SMILES string of the molecule is COc1ccc(NS(=O)(=O)/C(C#N)=C\c2cc(Cl)cc(Cl)c2Cl)cc1. The van der Waals surface area contributed by atoms with Gasteiger partial charge in [0.1, 0.15) is 11.8 Å². The quantitative estimate of drug-likeness (QED) is 0.551. The summed E-state index contributed by atoms with van der Waals surface area (Å²) in [7, 11) is -2.63. The number of allylic oxidation sites excluding steroid dienone is 1. The normalized spacial score (nSPS) is 11.7. The molecule has 0 heterocycles. The van der Waals surface area contributed by atoms with Crippen molar-refractivity contribution in [2.45, 2.75) is 0 Å². The number of nitriles is 1. The molecule has 0 atom stereocenters. The first-order chi connectivity index (χ1) is 11.8. The average molecular weight is 418 g/mol. The molecule has 0 aliphatic carbocycles. The maximum Gasteiger partial charge on any atom is 0.272 e. The van der Waals surface area contributed by atoms with Crippen LogP contribution in [0.5, 0.6) is 5.75 Å². The highest BCUT2D eigenvalue weighted by Crippen LogP contribution is 2.32. The number of halogens is 3. The molecular weight excluding hydrogens is 407 g/mol. The van der Waals surface area contributed by atoms with Gasteiger partial charge in [0.15, 0.2) is 4.91 Å². The van der Waals surface area contributed by atoms with Crippen molar-refractivity contribution in [3.63, 3.8) is 0 Å². The molecule has 0 aromatic heterocycles. The van der Waals surface area contributed by atoms with Crippen molar-refractivity contribution in [2.24, 2.45) is 0 Å². The second-order valence-corrected chi connectivity index (χ2v) is 7.62. The number of methoxy groups -OCH3 is 1. The van der Waals surface area contributed by atoms with Crippen LogP contribution in [0.2, 0.25) is 15.1 Å². The molecule has 0 radical (unpaired) electrons. The summed E-state index contributed by atoms with van der Waals surface area (Å²) >= 11 is 17.8. The second kappa shape index (κ2) is 7.98. The Kier molecular flexibility index (Phi) is 6.20. The first-order valence-corrected chi connectivity index (χ1v) is 9.31. The van der Waals surface area contributed by atoms with Crippen LogP contribution in [-0.4, -0.2) is 15.5 Å². The zero-order chi connectivity index (χ0) is 18.6. The highest BCUT2D eigenvalue weighted by atomic mass is 35.5. The number of rotatable bonds is 5. The Bertz CT molecular complexity index is 965. The summed E-state index contributed by atoms with van der Waals surface area (Å²) in [6.07, 6.45) is 1.10. The Labute approximate surface area is 160 Å². The van der Waals surface area contributed by atoms with Gasteiger partial charge in [-0.2, -0.15) is 5.26 Å². The van der Waals surface area contributed by atoms with Crippen molar-refractivity contribution in [2.75, 3.05) is 11.8 Å². The standard InChI is InChI=1S/C16H11Cl3N2O3S/c1-24-13-4-2-12(3-5-13)21-25(22,23)14(9-20)7-10-6-11(17)8-15(18)16(10)19/h2-8,21H,1H3/b14-7-. The van der Waals surface area contributed by atoms with E-state index in [1.165, 1.54) is 31.4 Å². The molecule has 0 amide bonds. The van der Waals surface area contributed by atoms with Crippen molar-refractivity contribution in [3.8, 4) is 11.8 Å². The van der Waals surface area contributed by atoms with E-state index in [0.29, 0.717) is 5.75 Å². The topological polar surface area (TPSA) is 79.2 Å². The fourth-order valence-electron chi connectivity index (χ4n) is 1.86. The number of anilines is 1. The number of hydrogen-bond donors (Lipinski definition) is 1. The summed E-state index contributed by atoms with van der Waals surface area (Å²) in [4.78, 5) is -0.538. The van der Waals surface area contributed by atoms with Crippen LogP contribution < -0.4 is 9.46 Å². The van der Waals surface area contributed by atoms with Gasteiger partial charge in [-0.15, -0.1) is 0 Å². The minimum absolute atomic E-state index is 0.0958. The van der Waals surface area contributed by atoms with E-state index in [1.807, 2.05) is 0 Å². The van der Waals surface area contributed by atoms with Crippen molar-refractivity contribution in [1.82, 2.24) is 0 Å².